The zero-order valence-electron chi connectivity index (χ0n) is 9.94. The normalized spacial score (nSPS) is 17.0. The molecule has 0 atom stereocenters. The molecular weight excluding hydrogens is 302 g/mol. The SMILES string of the molecule is O=C(O)CN1C(=O)/C(=C\c2ccc(O)c(O)c2)SC1=S. The molecule has 0 aliphatic carbocycles. The maximum atomic E-state index is 12.0. The van der Waals surface area contributed by atoms with Gasteiger partial charge in [0.15, 0.2) is 11.5 Å². The molecule has 6 nitrogen and oxygen atoms in total. The van der Waals surface area contributed by atoms with Crippen LogP contribution in [0.25, 0.3) is 6.08 Å². The van der Waals surface area contributed by atoms with E-state index >= 15 is 0 Å². The van der Waals surface area contributed by atoms with E-state index in [0.29, 0.717) is 5.56 Å². The number of hydrogen-bond donors (Lipinski definition) is 3. The largest absolute Gasteiger partial charge is 0.504 e. The van der Waals surface area contributed by atoms with Gasteiger partial charge in [-0.1, -0.05) is 30.0 Å². The molecule has 2 rings (SSSR count). The number of hydrogen-bond acceptors (Lipinski definition) is 6. The Morgan fingerprint density at radius 3 is 2.65 bits per heavy atom. The summed E-state index contributed by atoms with van der Waals surface area (Å²) in [5.74, 6) is -2.21. The van der Waals surface area contributed by atoms with E-state index < -0.39 is 18.4 Å². The molecule has 0 bridgehead atoms. The van der Waals surface area contributed by atoms with Gasteiger partial charge in [0.05, 0.1) is 4.91 Å². The van der Waals surface area contributed by atoms with Crippen LogP contribution in [-0.2, 0) is 9.59 Å². The monoisotopic (exact) mass is 311 g/mol. The lowest BCUT2D eigenvalue weighted by atomic mass is 10.2. The summed E-state index contributed by atoms with van der Waals surface area (Å²) < 4.78 is 0.173. The number of carbonyl (C=O) groups excluding carboxylic acids is 1. The number of rotatable bonds is 3. The molecule has 1 fully saturated rings. The highest BCUT2D eigenvalue weighted by atomic mass is 32.2. The van der Waals surface area contributed by atoms with Gasteiger partial charge in [0.2, 0.25) is 0 Å². The summed E-state index contributed by atoms with van der Waals surface area (Å²) in [5.41, 5.74) is 0.496. The van der Waals surface area contributed by atoms with Crippen molar-refractivity contribution in [1.82, 2.24) is 4.90 Å². The number of carboxylic acid groups (broad SMARTS) is 1. The van der Waals surface area contributed by atoms with Gasteiger partial charge in [-0.3, -0.25) is 14.5 Å². The van der Waals surface area contributed by atoms with Crippen molar-refractivity contribution in [2.24, 2.45) is 0 Å². The molecule has 1 saturated heterocycles. The van der Waals surface area contributed by atoms with Crippen molar-refractivity contribution < 1.29 is 24.9 Å². The highest BCUT2D eigenvalue weighted by Gasteiger charge is 2.33. The maximum absolute atomic E-state index is 12.0. The van der Waals surface area contributed by atoms with Gasteiger partial charge in [-0.05, 0) is 23.8 Å². The van der Waals surface area contributed by atoms with Crippen LogP contribution in [0, 0.1) is 0 Å². The van der Waals surface area contributed by atoms with Gasteiger partial charge >= 0.3 is 5.97 Å². The first-order valence-electron chi connectivity index (χ1n) is 5.37. The van der Waals surface area contributed by atoms with Crippen LogP contribution in [0.5, 0.6) is 11.5 Å². The van der Waals surface area contributed by atoms with Crippen molar-refractivity contribution in [1.29, 1.82) is 0 Å². The Morgan fingerprint density at radius 1 is 1.35 bits per heavy atom. The summed E-state index contributed by atoms with van der Waals surface area (Å²) in [6, 6.07) is 4.09. The third-order valence-corrected chi connectivity index (χ3v) is 3.84. The van der Waals surface area contributed by atoms with E-state index in [1.807, 2.05) is 0 Å². The molecule has 1 aromatic rings. The van der Waals surface area contributed by atoms with Crippen molar-refractivity contribution >= 4 is 46.3 Å². The summed E-state index contributed by atoms with van der Waals surface area (Å²) in [6.07, 6.45) is 1.47. The first kappa shape index (κ1) is 14.4. The maximum Gasteiger partial charge on any atom is 0.323 e. The molecule has 0 unspecified atom stereocenters. The number of aliphatic carboxylic acids is 1. The number of phenols is 2. The van der Waals surface area contributed by atoms with Crippen LogP contribution in [-0.4, -0.2) is 43.0 Å². The molecule has 0 aromatic heterocycles. The number of carboxylic acids is 1. The van der Waals surface area contributed by atoms with Crippen LogP contribution in [0.15, 0.2) is 23.1 Å². The predicted octanol–water partition coefficient (Wildman–Crippen LogP) is 1.38. The van der Waals surface area contributed by atoms with Crippen LogP contribution >= 0.6 is 24.0 Å². The van der Waals surface area contributed by atoms with Gasteiger partial charge < -0.3 is 15.3 Å². The van der Waals surface area contributed by atoms with E-state index in [4.69, 9.17) is 17.3 Å². The molecule has 0 saturated carbocycles. The molecule has 8 heteroatoms. The van der Waals surface area contributed by atoms with Crippen molar-refractivity contribution in [3.05, 3.63) is 28.7 Å². The molecule has 104 valence electrons. The van der Waals surface area contributed by atoms with Gasteiger partial charge in [0, 0.05) is 0 Å². The first-order chi connectivity index (χ1) is 9.38. The van der Waals surface area contributed by atoms with Gasteiger partial charge in [0.25, 0.3) is 5.91 Å². The third kappa shape index (κ3) is 2.91. The van der Waals surface area contributed by atoms with Gasteiger partial charge in [-0.25, -0.2) is 0 Å². The summed E-state index contributed by atoms with van der Waals surface area (Å²) in [5, 5.41) is 27.3. The Hall–Kier alpha value is -2.06. The lowest BCUT2D eigenvalue weighted by Crippen LogP contribution is -2.33. The average Bonchev–Trinajstić information content (AvgIpc) is 2.61. The fourth-order valence-corrected chi connectivity index (χ4v) is 2.81. The zero-order valence-corrected chi connectivity index (χ0v) is 11.6. The van der Waals surface area contributed by atoms with E-state index in [2.05, 4.69) is 0 Å². The second-order valence-electron chi connectivity index (χ2n) is 3.91. The van der Waals surface area contributed by atoms with Crippen molar-refractivity contribution in [3.8, 4) is 11.5 Å². The summed E-state index contributed by atoms with van der Waals surface area (Å²) in [6.45, 7) is -0.483. The van der Waals surface area contributed by atoms with Crippen LogP contribution < -0.4 is 0 Å². The van der Waals surface area contributed by atoms with E-state index in [1.165, 1.54) is 24.3 Å². The van der Waals surface area contributed by atoms with Gasteiger partial charge in [-0.2, -0.15) is 0 Å². The second kappa shape index (κ2) is 5.51. The minimum Gasteiger partial charge on any atom is -0.504 e. The standard InChI is InChI=1S/C12H9NO5S2/c14-7-2-1-6(3-8(7)15)4-9-11(18)13(5-10(16)17)12(19)20-9/h1-4,14-15H,5H2,(H,16,17)/b9-4+. The smallest absolute Gasteiger partial charge is 0.323 e. The predicted molar refractivity (Wildman–Crippen MR) is 77.3 cm³/mol. The van der Waals surface area contributed by atoms with E-state index in [1.54, 1.807) is 0 Å². The number of nitrogens with zero attached hydrogens (tertiary/aromatic N) is 1. The summed E-state index contributed by atoms with van der Waals surface area (Å²) in [7, 11) is 0. The Labute approximate surface area is 123 Å². The summed E-state index contributed by atoms with van der Waals surface area (Å²) >= 11 is 5.94. The average molecular weight is 311 g/mol. The first-order valence-corrected chi connectivity index (χ1v) is 6.60. The minimum absolute atomic E-state index is 0.173. The fraction of sp³-hybridized carbons (Fsp3) is 0.0833. The molecule has 1 aromatic carbocycles. The third-order valence-electron chi connectivity index (χ3n) is 2.46. The number of aromatic hydroxyl groups is 2. The number of carbonyl (C=O) groups is 2. The van der Waals surface area contributed by atoms with Crippen LogP contribution in [0.1, 0.15) is 5.56 Å². The molecule has 1 amide bonds. The number of thioether (sulfide) groups is 1. The highest BCUT2D eigenvalue weighted by molar-refractivity contribution is 8.26. The van der Waals surface area contributed by atoms with Crippen molar-refractivity contribution in [3.63, 3.8) is 0 Å². The van der Waals surface area contributed by atoms with E-state index in [9.17, 15) is 19.8 Å². The Morgan fingerprint density at radius 2 is 2.05 bits per heavy atom. The number of phenolic OH excluding ortho intramolecular Hbond substituents is 2. The lowest BCUT2D eigenvalue weighted by Gasteiger charge is -2.10. The highest BCUT2D eigenvalue weighted by Crippen LogP contribution is 2.33. The van der Waals surface area contributed by atoms with Gasteiger partial charge in [-0.15, -0.1) is 0 Å². The second-order valence-corrected chi connectivity index (χ2v) is 5.59. The van der Waals surface area contributed by atoms with Crippen molar-refractivity contribution in [2.75, 3.05) is 6.54 Å². The summed E-state index contributed by atoms with van der Waals surface area (Å²) in [4.78, 5) is 23.9. The van der Waals surface area contributed by atoms with Crippen LogP contribution in [0.4, 0.5) is 0 Å². The molecule has 1 aliphatic rings. The minimum atomic E-state index is -1.15. The van der Waals surface area contributed by atoms with Gasteiger partial charge in [0.1, 0.15) is 10.9 Å². The molecule has 3 N–H and O–H groups in total. The fourth-order valence-electron chi connectivity index (χ4n) is 1.55. The molecule has 0 radical (unpaired) electrons. The number of amides is 1. The topological polar surface area (TPSA) is 98.1 Å². The molecule has 1 aliphatic heterocycles. The molecule has 1 heterocycles. The zero-order chi connectivity index (χ0) is 14.9. The Kier molecular flexibility index (Phi) is 3.96. The lowest BCUT2D eigenvalue weighted by molar-refractivity contribution is -0.140. The van der Waals surface area contributed by atoms with E-state index in [0.717, 1.165) is 16.7 Å². The quantitative estimate of drug-likeness (QED) is 0.441. The van der Waals surface area contributed by atoms with Crippen LogP contribution in [0.2, 0.25) is 0 Å². The Bertz CT molecular complexity index is 641. The number of benzene rings is 1. The molecule has 20 heavy (non-hydrogen) atoms. The van der Waals surface area contributed by atoms with E-state index in [-0.39, 0.29) is 20.7 Å². The Balaban J connectivity index is 2.27. The molecule has 0 spiro atoms. The molecular formula is C12H9NO5S2. The van der Waals surface area contributed by atoms with Crippen molar-refractivity contribution in [2.45, 2.75) is 0 Å². The number of thiocarbonyl (C=S) groups is 1. The van der Waals surface area contributed by atoms with Crippen LogP contribution in [0.3, 0.4) is 0 Å².